The molecular formula is C16H17NO. The minimum Gasteiger partial charge on any atom is -0.485 e. The molecule has 18 heavy (non-hydrogen) atoms. The van der Waals surface area contributed by atoms with Gasteiger partial charge in [-0.05, 0) is 38.1 Å². The summed E-state index contributed by atoms with van der Waals surface area (Å²) in [5.41, 5.74) is 2.00. The van der Waals surface area contributed by atoms with Gasteiger partial charge in [-0.3, -0.25) is 4.98 Å². The number of hydrogen-bond donors (Lipinski definition) is 0. The minimum absolute atomic E-state index is 0.0280. The van der Waals surface area contributed by atoms with Crippen LogP contribution in [-0.4, -0.2) is 11.1 Å². The number of allylic oxidation sites excluding steroid dienone is 1. The van der Waals surface area contributed by atoms with Crippen LogP contribution in [0.1, 0.15) is 19.4 Å². The van der Waals surface area contributed by atoms with Crippen LogP contribution in [0.5, 0.6) is 5.75 Å². The van der Waals surface area contributed by atoms with Gasteiger partial charge in [0.1, 0.15) is 11.9 Å². The minimum atomic E-state index is -0.0280. The van der Waals surface area contributed by atoms with Crippen molar-refractivity contribution in [2.24, 2.45) is 0 Å². The van der Waals surface area contributed by atoms with Crippen LogP contribution in [0, 0.1) is 0 Å². The largest absolute Gasteiger partial charge is 0.485 e. The van der Waals surface area contributed by atoms with Crippen molar-refractivity contribution in [1.29, 1.82) is 0 Å². The predicted molar refractivity (Wildman–Crippen MR) is 76.7 cm³/mol. The number of rotatable bonds is 4. The number of pyridine rings is 1. The molecule has 92 valence electrons. The van der Waals surface area contributed by atoms with Gasteiger partial charge >= 0.3 is 0 Å². The Morgan fingerprint density at radius 3 is 2.89 bits per heavy atom. The van der Waals surface area contributed by atoms with Crippen molar-refractivity contribution in [1.82, 2.24) is 4.98 Å². The highest BCUT2D eigenvalue weighted by atomic mass is 16.5. The Morgan fingerprint density at radius 1 is 1.33 bits per heavy atom. The number of aromatic nitrogens is 1. The van der Waals surface area contributed by atoms with E-state index in [4.69, 9.17) is 4.74 Å². The molecule has 2 nitrogen and oxygen atoms in total. The molecule has 0 spiro atoms. The van der Waals surface area contributed by atoms with Crippen LogP contribution in [0.4, 0.5) is 0 Å². The molecule has 1 aromatic carbocycles. The first-order valence-corrected chi connectivity index (χ1v) is 6.06. The Kier molecular flexibility index (Phi) is 3.78. The van der Waals surface area contributed by atoms with E-state index in [1.807, 2.05) is 50.3 Å². The predicted octanol–water partition coefficient (Wildman–Crippen LogP) is 4.22. The molecule has 2 rings (SSSR count). The fraction of sp³-hybridized carbons (Fsp3) is 0.188. The summed E-state index contributed by atoms with van der Waals surface area (Å²) in [6.07, 6.45) is 7.59. The second kappa shape index (κ2) is 5.50. The molecule has 0 fully saturated rings. The zero-order valence-electron chi connectivity index (χ0n) is 10.8. The van der Waals surface area contributed by atoms with Gasteiger partial charge in [0.25, 0.3) is 0 Å². The zero-order chi connectivity index (χ0) is 13.0. The van der Waals surface area contributed by atoms with Crippen LogP contribution in [0.3, 0.4) is 0 Å². The van der Waals surface area contributed by atoms with Gasteiger partial charge in [0.2, 0.25) is 0 Å². The number of hydrogen-bond acceptors (Lipinski definition) is 2. The van der Waals surface area contributed by atoms with Gasteiger partial charge in [-0.25, -0.2) is 0 Å². The Bertz CT molecular complexity index is 587. The maximum Gasteiger partial charge on any atom is 0.136 e. The van der Waals surface area contributed by atoms with E-state index in [1.54, 1.807) is 12.3 Å². The molecule has 0 saturated heterocycles. The Morgan fingerprint density at radius 2 is 2.17 bits per heavy atom. The van der Waals surface area contributed by atoms with Crippen molar-refractivity contribution in [3.63, 3.8) is 0 Å². The van der Waals surface area contributed by atoms with Crippen molar-refractivity contribution in [2.45, 2.75) is 20.0 Å². The zero-order valence-corrected chi connectivity index (χ0v) is 10.8. The standard InChI is InChI=1S/C16H17NO/c1-4-7-13-9-10-15-14(8-6-11-17-15)16(13)18-12(3)5-2/h4-12H,2H2,1,3H3. The lowest BCUT2D eigenvalue weighted by molar-refractivity contribution is 0.273. The molecule has 1 unspecified atom stereocenters. The topological polar surface area (TPSA) is 22.1 Å². The number of benzene rings is 1. The van der Waals surface area contributed by atoms with E-state index in [0.29, 0.717) is 0 Å². The van der Waals surface area contributed by atoms with E-state index in [9.17, 15) is 0 Å². The highest BCUT2D eigenvalue weighted by Crippen LogP contribution is 2.30. The molecule has 2 aromatic rings. The molecule has 1 atom stereocenters. The highest BCUT2D eigenvalue weighted by molar-refractivity contribution is 5.89. The van der Waals surface area contributed by atoms with Crippen LogP contribution in [0.15, 0.2) is 49.2 Å². The average molecular weight is 239 g/mol. The van der Waals surface area contributed by atoms with Crippen LogP contribution >= 0.6 is 0 Å². The molecular weight excluding hydrogens is 222 g/mol. The van der Waals surface area contributed by atoms with Gasteiger partial charge in [0, 0.05) is 17.1 Å². The first-order chi connectivity index (χ1) is 8.76. The molecule has 1 aromatic heterocycles. The number of fused-ring (bicyclic) bond motifs is 1. The molecule has 2 heteroatoms. The second-order valence-corrected chi connectivity index (χ2v) is 4.11. The normalized spacial score (nSPS) is 12.8. The molecule has 0 aliphatic heterocycles. The van der Waals surface area contributed by atoms with Crippen LogP contribution in [0.2, 0.25) is 0 Å². The number of ether oxygens (including phenoxy) is 1. The van der Waals surface area contributed by atoms with Crippen molar-refractivity contribution >= 4 is 17.0 Å². The lowest BCUT2D eigenvalue weighted by Crippen LogP contribution is -2.08. The average Bonchev–Trinajstić information content (AvgIpc) is 2.41. The van der Waals surface area contributed by atoms with Gasteiger partial charge < -0.3 is 4.74 Å². The third kappa shape index (κ3) is 2.43. The summed E-state index contributed by atoms with van der Waals surface area (Å²) < 4.78 is 5.95. The maximum absolute atomic E-state index is 5.95. The van der Waals surface area contributed by atoms with Gasteiger partial charge in [-0.2, -0.15) is 0 Å². The summed E-state index contributed by atoms with van der Waals surface area (Å²) in [5.74, 6) is 0.867. The molecule has 1 heterocycles. The molecule has 0 saturated carbocycles. The summed E-state index contributed by atoms with van der Waals surface area (Å²) in [6.45, 7) is 7.72. The van der Waals surface area contributed by atoms with E-state index < -0.39 is 0 Å². The first kappa shape index (κ1) is 12.4. The molecule has 0 N–H and O–H groups in total. The Balaban J connectivity index is 2.62. The lowest BCUT2D eigenvalue weighted by atomic mass is 10.1. The quantitative estimate of drug-likeness (QED) is 0.745. The Labute approximate surface area is 108 Å². The van der Waals surface area contributed by atoms with Crippen molar-refractivity contribution in [3.05, 3.63) is 54.8 Å². The van der Waals surface area contributed by atoms with Crippen molar-refractivity contribution < 1.29 is 4.74 Å². The monoisotopic (exact) mass is 239 g/mol. The SMILES string of the molecule is C=CC(C)Oc1c(C=CC)ccc2ncccc12. The maximum atomic E-state index is 5.95. The Hall–Kier alpha value is -2.09. The highest BCUT2D eigenvalue weighted by Gasteiger charge is 2.09. The van der Waals surface area contributed by atoms with Gasteiger partial charge in [0.05, 0.1) is 5.52 Å². The summed E-state index contributed by atoms with van der Waals surface area (Å²) >= 11 is 0. The first-order valence-electron chi connectivity index (χ1n) is 6.06. The second-order valence-electron chi connectivity index (χ2n) is 4.11. The van der Waals surface area contributed by atoms with Crippen LogP contribution in [0.25, 0.3) is 17.0 Å². The lowest BCUT2D eigenvalue weighted by Gasteiger charge is -2.15. The van der Waals surface area contributed by atoms with Crippen LogP contribution in [-0.2, 0) is 0 Å². The summed E-state index contributed by atoms with van der Waals surface area (Å²) in [5, 5.41) is 1.03. The van der Waals surface area contributed by atoms with Gasteiger partial charge in [-0.1, -0.05) is 24.8 Å². The third-order valence-corrected chi connectivity index (χ3v) is 2.75. The van der Waals surface area contributed by atoms with E-state index in [2.05, 4.69) is 11.6 Å². The smallest absolute Gasteiger partial charge is 0.136 e. The fourth-order valence-electron chi connectivity index (χ4n) is 1.82. The molecule has 0 amide bonds. The van der Waals surface area contributed by atoms with E-state index >= 15 is 0 Å². The van der Waals surface area contributed by atoms with Crippen LogP contribution < -0.4 is 4.74 Å². The molecule has 0 bridgehead atoms. The third-order valence-electron chi connectivity index (χ3n) is 2.75. The van der Waals surface area contributed by atoms with Crippen molar-refractivity contribution in [2.75, 3.05) is 0 Å². The molecule has 0 aliphatic carbocycles. The summed E-state index contributed by atoms with van der Waals surface area (Å²) in [6, 6.07) is 7.99. The van der Waals surface area contributed by atoms with Gasteiger partial charge in [-0.15, -0.1) is 0 Å². The number of nitrogens with zero attached hydrogens (tertiary/aromatic N) is 1. The van der Waals surface area contributed by atoms with E-state index in [0.717, 1.165) is 22.2 Å². The van der Waals surface area contributed by atoms with E-state index in [1.165, 1.54) is 0 Å². The van der Waals surface area contributed by atoms with E-state index in [-0.39, 0.29) is 6.10 Å². The fourth-order valence-corrected chi connectivity index (χ4v) is 1.82. The summed E-state index contributed by atoms with van der Waals surface area (Å²) in [7, 11) is 0. The summed E-state index contributed by atoms with van der Waals surface area (Å²) in [4.78, 5) is 4.35. The van der Waals surface area contributed by atoms with Crippen molar-refractivity contribution in [3.8, 4) is 5.75 Å². The molecule has 0 radical (unpaired) electrons. The molecule has 0 aliphatic rings. The van der Waals surface area contributed by atoms with Gasteiger partial charge in [0.15, 0.2) is 0 Å².